The van der Waals surface area contributed by atoms with Crippen LogP contribution in [0.5, 0.6) is 11.5 Å². The Morgan fingerprint density at radius 2 is 1.91 bits per heavy atom. The number of benzene rings is 1. The minimum Gasteiger partial charge on any atom is -0.493 e. The van der Waals surface area contributed by atoms with E-state index in [1.807, 2.05) is 0 Å². The number of aromatic nitrogens is 3. The molecule has 0 bridgehead atoms. The normalized spacial score (nSPS) is 16.0. The minimum atomic E-state index is -4.46. The molecule has 4 rings (SSSR count). The smallest absolute Gasteiger partial charge is 0.417 e. The fourth-order valence-corrected chi connectivity index (χ4v) is 3.62. The van der Waals surface area contributed by atoms with Gasteiger partial charge in [-0.05, 0) is 30.3 Å². The molecule has 11 heteroatoms. The highest BCUT2D eigenvalue weighted by atomic mass is 35.5. The van der Waals surface area contributed by atoms with Gasteiger partial charge < -0.3 is 14.5 Å². The maximum atomic E-state index is 13.2. The maximum absolute atomic E-state index is 13.2. The molecule has 1 saturated carbocycles. The van der Waals surface area contributed by atoms with Crippen molar-refractivity contribution in [3.05, 3.63) is 58.8 Å². The zero-order valence-electron chi connectivity index (χ0n) is 16.6. The van der Waals surface area contributed by atoms with Crippen LogP contribution in [0.25, 0.3) is 11.3 Å². The Kier molecular flexibility index (Phi) is 5.74. The Hall–Kier alpha value is -2.88. The van der Waals surface area contributed by atoms with E-state index in [2.05, 4.69) is 15.0 Å². The fraction of sp³-hybridized carbons (Fsp3) is 0.333. The van der Waals surface area contributed by atoms with Gasteiger partial charge in [-0.3, -0.25) is 4.98 Å². The second-order valence-corrected chi connectivity index (χ2v) is 7.81. The molecule has 3 aromatic rings. The summed E-state index contributed by atoms with van der Waals surface area (Å²) in [4.78, 5) is 11.0. The lowest BCUT2D eigenvalue weighted by atomic mass is 9.81. The standard InChI is InChI=1S/C21H17ClF5N3O2/c1-31-16-6-11(17-18(22)30-19(29-17)12-7-20(23,24)8-12)2-5-15(16)32-10-14-4-3-13(9-28-14)21(25,26)27/h2-6,9,12H,7-8,10H2,1H3,(H,29,30). The van der Waals surface area contributed by atoms with Crippen molar-refractivity contribution < 1.29 is 31.4 Å². The van der Waals surface area contributed by atoms with E-state index in [1.54, 1.807) is 18.2 Å². The first kappa shape index (κ1) is 22.3. The molecule has 1 N–H and O–H groups in total. The molecule has 2 heterocycles. The van der Waals surface area contributed by atoms with Crippen molar-refractivity contribution in [2.75, 3.05) is 7.11 Å². The fourth-order valence-electron chi connectivity index (χ4n) is 3.37. The molecule has 0 radical (unpaired) electrons. The first-order valence-electron chi connectivity index (χ1n) is 9.52. The number of H-pyrrole nitrogens is 1. The van der Waals surface area contributed by atoms with Crippen LogP contribution in [-0.4, -0.2) is 28.0 Å². The number of hydrogen-bond donors (Lipinski definition) is 1. The molecule has 0 amide bonds. The number of pyridine rings is 1. The molecule has 1 fully saturated rings. The third-order valence-electron chi connectivity index (χ3n) is 5.12. The van der Waals surface area contributed by atoms with Gasteiger partial charge in [-0.25, -0.2) is 13.8 Å². The molecule has 0 spiro atoms. The van der Waals surface area contributed by atoms with Gasteiger partial charge in [0.1, 0.15) is 23.3 Å². The molecule has 0 unspecified atom stereocenters. The molecular formula is C21H17ClF5N3O2. The molecular weight excluding hydrogens is 457 g/mol. The van der Waals surface area contributed by atoms with Crippen molar-refractivity contribution in [2.45, 2.75) is 37.5 Å². The first-order valence-corrected chi connectivity index (χ1v) is 9.90. The van der Waals surface area contributed by atoms with Gasteiger partial charge in [0.25, 0.3) is 0 Å². The van der Waals surface area contributed by atoms with Gasteiger partial charge in [0.05, 0.1) is 18.4 Å². The summed E-state index contributed by atoms with van der Waals surface area (Å²) in [6.45, 7) is -0.0724. The Balaban J connectivity index is 1.48. The lowest BCUT2D eigenvalue weighted by molar-refractivity contribution is -0.137. The van der Waals surface area contributed by atoms with Crippen molar-refractivity contribution in [3.63, 3.8) is 0 Å². The number of imidazole rings is 1. The number of methoxy groups -OCH3 is 1. The molecule has 1 aromatic carbocycles. The van der Waals surface area contributed by atoms with Crippen LogP contribution in [0.2, 0.25) is 5.15 Å². The third-order valence-corrected chi connectivity index (χ3v) is 5.39. The van der Waals surface area contributed by atoms with Crippen LogP contribution >= 0.6 is 11.6 Å². The van der Waals surface area contributed by atoms with E-state index in [-0.39, 0.29) is 30.5 Å². The SMILES string of the molecule is COc1cc(-c2nc(C3CC(F)(F)C3)[nH]c2Cl)ccc1OCc1ccc(C(F)(F)F)cn1. The van der Waals surface area contributed by atoms with Crippen molar-refractivity contribution in [3.8, 4) is 22.8 Å². The number of rotatable bonds is 6. The summed E-state index contributed by atoms with van der Waals surface area (Å²) >= 11 is 6.23. The predicted molar refractivity (Wildman–Crippen MR) is 106 cm³/mol. The van der Waals surface area contributed by atoms with Crippen LogP contribution in [0.1, 0.15) is 35.8 Å². The summed E-state index contributed by atoms with van der Waals surface area (Å²) < 4.78 is 75.2. The summed E-state index contributed by atoms with van der Waals surface area (Å²) in [6.07, 6.45) is -4.26. The van der Waals surface area contributed by atoms with Crippen LogP contribution in [0.3, 0.4) is 0 Å². The Morgan fingerprint density at radius 1 is 1.16 bits per heavy atom. The maximum Gasteiger partial charge on any atom is 0.417 e. The van der Waals surface area contributed by atoms with Gasteiger partial charge in [0.2, 0.25) is 5.92 Å². The van der Waals surface area contributed by atoms with E-state index in [0.717, 1.165) is 12.3 Å². The van der Waals surface area contributed by atoms with Gasteiger partial charge in [-0.15, -0.1) is 0 Å². The van der Waals surface area contributed by atoms with Crippen LogP contribution in [0, 0.1) is 0 Å². The molecule has 0 atom stereocenters. The number of alkyl halides is 5. The van der Waals surface area contributed by atoms with Gasteiger partial charge in [0.15, 0.2) is 11.5 Å². The Bertz CT molecular complexity index is 1110. The molecule has 2 aromatic heterocycles. The van der Waals surface area contributed by atoms with Crippen LogP contribution in [0.15, 0.2) is 36.5 Å². The zero-order valence-corrected chi connectivity index (χ0v) is 17.4. The summed E-state index contributed by atoms with van der Waals surface area (Å²) in [5.41, 5.74) is 0.442. The van der Waals surface area contributed by atoms with Crippen molar-refractivity contribution in [1.29, 1.82) is 0 Å². The predicted octanol–water partition coefficient (Wildman–Crippen LogP) is 6.24. The van der Waals surface area contributed by atoms with Crippen LogP contribution < -0.4 is 9.47 Å². The monoisotopic (exact) mass is 473 g/mol. The van der Waals surface area contributed by atoms with E-state index in [9.17, 15) is 22.0 Å². The van der Waals surface area contributed by atoms with Crippen LogP contribution in [-0.2, 0) is 12.8 Å². The topological polar surface area (TPSA) is 60.0 Å². The molecule has 1 aliphatic rings. The van der Waals surface area contributed by atoms with Crippen LogP contribution in [0.4, 0.5) is 22.0 Å². The van der Waals surface area contributed by atoms with E-state index in [1.165, 1.54) is 13.2 Å². The average Bonchev–Trinajstić information content (AvgIpc) is 3.11. The molecule has 32 heavy (non-hydrogen) atoms. The van der Waals surface area contributed by atoms with Gasteiger partial charge in [-0.1, -0.05) is 11.6 Å². The summed E-state index contributed by atoms with van der Waals surface area (Å²) in [7, 11) is 1.43. The van der Waals surface area contributed by atoms with Crippen molar-refractivity contribution >= 4 is 11.6 Å². The lowest BCUT2D eigenvalue weighted by Crippen LogP contribution is -2.34. The molecule has 5 nitrogen and oxygen atoms in total. The molecule has 0 saturated heterocycles. The first-order chi connectivity index (χ1) is 15.1. The molecule has 0 aliphatic heterocycles. The second kappa shape index (κ2) is 8.23. The molecule has 1 aliphatic carbocycles. The molecule has 170 valence electrons. The Morgan fingerprint density at radius 3 is 2.50 bits per heavy atom. The Labute approximate surface area is 184 Å². The third kappa shape index (κ3) is 4.64. The number of nitrogens with one attached hydrogen (secondary N) is 1. The van der Waals surface area contributed by atoms with Crippen molar-refractivity contribution in [2.24, 2.45) is 0 Å². The summed E-state index contributed by atoms with van der Waals surface area (Å²) in [6, 6.07) is 7.05. The summed E-state index contributed by atoms with van der Waals surface area (Å²) in [5.74, 6) is -1.97. The van der Waals surface area contributed by atoms with Gasteiger partial charge >= 0.3 is 6.18 Å². The number of halogens is 6. The van der Waals surface area contributed by atoms with E-state index in [4.69, 9.17) is 21.1 Å². The number of ether oxygens (including phenoxy) is 2. The van der Waals surface area contributed by atoms with E-state index >= 15 is 0 Å². The quantitative estimate of drug-likeness (QED) is 0.430. The summed E-state index contributed by atoms with van der Waals surface area (Å²) in [5, 5.41) is 0.222. The van der Waals surface area contributed by atoms with Gasteiger partial charge in [0, 0.05) is 30.5 Å². The van der Waals surface area contributed by atoms with Crippen molar-refractivity contribution in [1.82, 2.24) is 15.0 Å². The number of hydrogen-bond acceptors (Lipinski definition) is 4. The highest BCUT2D eigenvalue weighted by Gasteiger charge is 2.47. The average molecular weight is 474 g/mol. The highest BCUT2D eigenvalue weighted by Crippen LogP contribution is 2.48. The lowest BCUT2D eigenvalue weighted by Gasteiger charge is -2.33. The highest BCUT2D eigenvalue weighted by molar-refractivity contribution is 6.31. The minimum absolute atomic E-state index is 0.0724. The van der Waals surface area contributed by atoms with Gasteiger partial charge in [-0.2, -0.15) is 13.2 Å². The van der Waals surface area contributed by atoms with E-state index < -0.39 is 17.7 Å². The second-order valence-electron chi connectivity index (χ2n) is 7.44. The zero-order chi connectivity index (χ0) is 23.1. The number of nitrogens with zero attached hydrogens (tertiary/aromatic N) is 2. The largest absolute Gasteiger partial charge is 0.493 e. The number of aromatic amines is 1. The van der Waals surface area contributed by atoms with E-state index in [0.29, 0.717) is 34.3 Å².